The first-order valence-electron chi connectivity index (χ1n) is 12.4. The van der Waals surface area contributed by atoms with Crippen molar-refractivity contribution in [3.05, 3.63) is 88.3 Å². The molecule has 0 unspecified atom stereocenters. The van der Waals surface area contributed by atoms with Gasteiger partial charge in [-0.05, 0) is 99.9 Å². The van der Waals surface area contributed by atoms with Crippen LogP contribution >= 0.6 is 12.6 Å². The Bertz CT molecular complexity index is 906. The Morgan fingerprint density at radius 2 is 1.85 bits per heavy atom. The fraction of sp³-hybridized carbons (Fsp3) is 0.448. The molecular formula is C29H43N3OS. The molecule has 34 heavy (non-hydrogen) atoms. The van der Waals surface area contributed by atoms with Crippen molar-refractivity contribution in [2.24, 2.45) is 5.73 Å². The van der Waals surface area contributed by atoms with E-state index in [1.54, 1.807) is 5.41 Å². The van der Waals surface area contributed by atoms with Gasteiger partial charge >= 0.3 is 0 Å². The highest BCUT2D eigenvalue weighted by molar-refractivity contribution is 7.83. The molecule has 0 spiro atoms. The summed E-state index contributed by atoms with van der Waals surface area (Å²) in [7, 11) is 0. The van der Waals surface area contributed by atoms with Gasteiger partial charge in [-0.3, -0.25) is 0 Å². The Balaban J connectivity index is 2.09. The van der Waals surface area contributed by atoms with Crippen molar-refractivity contribution in [1.82, 2.24) is 10.2 Å². The first-order chi connectivity index (χ1) is 16.3. The van der Waals surface area contributed by atoms with Crippen LogP contribution in [0, 0.1) is 0 Å². The lowest BCUT2D eigenvalue weighted by Gasteiger charge is -2.25. The fourth-order valence-corrected chi connectivity index (χ4v) is 4.16. The molecule has 1 aromatic carbocycles. The van der Waals surface area contributed by atoms with E-state index in [4.69, 9.17) is 10.5 Å². The molecule has 1 saturated heterocycles. The van der Waals surface area contributed by atoms with Crippen LogP contribution in [0.25, 0.3) is 0 Å². The lowest BCUT2D eigenvalue weighted by Crippen LogP contribution is -2.34. The maximum Gasteiger partial charge on any atom is 0.119 e. The van der Waals surface area contributed by atoms with Gasteiger partial charge in [0, 0.05) is 12.7 Å². The predicted molar refractivity (Wildman–Crippen MR) is 150 cm³/mol. The number of nitrogens with zero attached hydrogens (tertiary/aromatic N) is 1. The van der Waals surface area contributed by atoms with Crippen molar-refractivity contribution in [2.75, 3.05) is 19.6 Å². The highest BCUT2D eigenvalue weighted by Gasteiger charge is 2.14. The molecule has 1 aromatic rings. The first-order valence-corrected chi connectivity index (χ1v) is 12.9. The maximum absolute atomic E-state index is 6.47. The van der Waals surface area contributed by atoms with Gasteiger partial charge in [-0.1, -0.05) is 43.7 Å². The second-order valence-corrected chi connectivity index (χ2v) is 9.41. The number of rotatable bonds is 12. The average Bonchev–Trinajstić information content (AvgIpc) is 2.83. The number of hydrogen-bond donors (Lipinski definition) is 3. The minimum Gasteiger partial charge on any atom is -0.490 e. The van der Waals surface area contributed by atoms with Gasteiger partial charge in [-0.25, -0.2) is 0 Å². The molecule has 1 aliphatic heterocycles. The normalized spacial score (nSPS) is 16.5. The molecule has 0 amide bonds. The topological polar surface area (TPSA) is 50.5 Å². The Hall–Kier alpha value is -2.37. The van der Waals surface area contributed by atoms with Crippen LogP contribution in [-0.2, 0) is 6.42 Å². The van der Waals surface area contributed by atoms with Crippen LogP contribution in [0.15, 0.2) is 82.7 Å². The van der Waals surface area contributed by atoms with Crippen molar-refractivity contribution >= 4 is 12.6 Å². The molecular weight excluding hydrogens is 438 g/mol. The van der Waals surface area contributed by atoms with Gasteiger partial charge in [-0.2, -0.15) is 12.6 Å². The molecule has 0 aromatic heterocycles. The summed E-state index contributed by atoms with van der Waals surface area (Å²) in [6, 6.07) is 8.52. The molecule has 0 atom stereocenters. The van der Waals surface area contributed by atoms with Crippen LogP contribution in [0.1, 0.15) is 58.9 Å². The van der Waals surface area contributed by atoms with Gasteiger partial charge in [0.15, 0.2) is 0 Å². The monoisotopic (exact) mass is 481 g/mol. The number of ether oxygens (including phenoxy) is 1. The molecule has 5 heteroatoms. The number of nitrogens with one attached hydrogen (secondary N) is 1. The van der Waals surface area contributed by atoms with Crippen LogP contribution in [0.3, 0.4) is 0 Å². The zero-order valence-electron chi connectivity index (χ0n) is 21.4. The molecule has 0 saturated carbocycles. The fourth-order valence-electron chi connectivity index (χ4n) is 3.93. The van der Waals surface area contributed by atoms with Crippen LogP contribution in [-0.4, -0.2) is 30.6 Å². The van der Waals surface area contributed by atoms with E-state index in [2.05, 4.69) is 87.6 Å². The third kappa shape index (κ3) is 9.47. The zero-order chi connectivity index (χ0) is 24.9. The standard InChI is InChI=1S/C29H43N3OS/c1-6-7-22(2)21-32(25(5)29(30)20-24(4)23(3)15-19-34)18-14-26-8-10-27(11-9-26)33-28-12-16-31-17-13-28/h8-11,15,19-21,28,31,34H,5-7,12-14,16-18,30H2,1-4H3/b19-15-,22-21+,24-23+,29-20-. The van der Waals surface area contributed by atoms with E-state index in [0.29, 0.717) is 11.8 Å². The Morgan fingerprint density at radius 3 is 2.47 bits per heavy atom. The summed E-state index contributed by atoms with van der Waals surface area (Å²) in [5.74, 6) is 0.954. The zero-order valence-corrected chi connectivity index (χ0v) is 22.3. The minimum absolute atomic E-state index is 0.316. The van der Waals surface area contributed by atoms with Crippen molar-refractivity contribution in [2.45, 2.75) is 65.9 Å². The van der Waals surface area contributed by atoms with Gasteiger partial charge < -0.3 is 20.7 Å². The van der Waals surface area contributed by atoms with Gasteiger partial charge in [0.05, 0.1) is 11.4 Å². The third-order valence-electron chi connectivity index (χ3n) is 6.17. The predicted octanol–water partition coefficient (Wildman–Crippen LogP) is 6.50. The summed E-state index contributed by atoms with van der Waals surface area (Å²) in [5, 5.41) is 5.12. The van der Waals surface area contributed by atoms with Gasteiger partial charge in [0.25, 0.3) is 0 Å². The molecule has 3 N–H and O–H groups in total. The van der Waals surface area contributed by atoms with Crippen molar-refractivity contribution in [3.63, 3.8) is 0 Å². The molecule has 1 aliphatic rings. The minimum atomic E-state index is 0.316. The summed E-state index contributed by atoms with van der Waals surface area (Å²) in [6.07, 6.45) is 11.7. The Kier molecular flexibility index (Phi) is 12.1. The lowest BCUT2D eigenvalue weighted by atomic mass is 10.1. The Labute approximate surface area is 212 Å². The summed E-state index contributed by atoms with van der Waals surface area (Å²) >= 11 is 4.17. The second-order valence-electron chi connectivity index (χ2n) is 9.11. The van der Waals surface area contributed by atoms with E-state index in [1.807, 2.05) is 12.2 Å². The Morgan fingerprint density at radius 1 is 1.18 bits per heavy atom. The van der Waals surface area contributed by atoms with Crippen molar-refractivity contribution in [3.8, 4) is 5.75 Å². The van der Waals surface area contributed by atoms with E-state index in [9.17, 15) is 0 Å². The number of hydrogen-bond acceptors (Lipinski definition) is 5. The molecule has 0 radical (unpaired) electrons. The number of piperidine rings is 1. The largest absolute Gasteiger partial charge is 0.490 e. The first kappa shape index (κ1) is 27.9. The SMILES string of the molecule is C=C(/C(N)=C/C(C)=C(C)/C=C\S)N(/C=C(\C)CCC)CCc1ccc(OC2CCNCC2)cc1. The van der Waals surface area contributed by atoms with Gasteiger partial charge in [0.2, 0.25) is 0 Å². The molecule has 0 aliphatic carbocycles. The summed E-state index contributed by atoms with van der Waals surface area (Å²) in [6.45, 7) is 15.7. The molecule has 2 rings (SSSR count). The van der Waals surface area contributed by atoms with E-state index >= 15 is 0 Å². The molecule has 1 heterocycles. The van der Waals surface area contributed by atoms with Gasteiger partial charge in [0.1, 0.15) is 11.9 Å². The van der Waals surface area contributed by atoms with Crippen LogP contribution < -0.4 is 15.8 Å². The molecule has 0 bridgehead atoms. The summed E-state index contributed by atoms with van der Waals surface area (Å²) in [5.41, 5.74) is 12.8. The summed E-state index contributed by atoms with van der Waals surface area (Å²) < 4.78 is 6.15. The van der Waals surface area contributed by atoms with Gasteiger partial charge in [-0.15, -0.1) is 0 Å². The number of benzene rings is 1. The highest BCUT2D eigenvalue weighted by Crippen LogP contribution is 2.20. The van der Waals surface area contributed by atoms with E-state index in [0.717, 1.165) is 74.3 Å². The maximum atomic E-state index is 6.47. The smallest absolute Gasteiger partial charge is 0.119 e. The van der Waals surface area contributed by atoms with Crippen LogP contribution in [0.2, 0.25) is 0 Å². The molecule has 186 valence electrons. The second kappa shape index (κ2) is 14.8. The third-order valence-corrected chi connectivity index (χ3v) is 6.32. The number of thiol groups is 1. The lowest BCUT2D eigenvalue weighted by molar-refractivity contribution is 0.162. The van der Waals surface area contributed by atoms with E-state index < -0.39 is 0 Å². The average molecular weight is 482 g/mol. The molecule has 4 nitrogen and oxygen atoms in total. The number of nitrogens with two attached hydrogens (primary N) is 1. The quantitative estimate of drug-likeness (QED) is 0.235. The van der Waals surface area contributed by atoms with E-state index in [-0.39, 0.29) is 0 Å². The van der Waals surface area contributed by atoms with Crippen LogP contribution in [0.4, 0.5) is 0 Å². The molecule has 1 fully saturated rings. The van der Waals surface area contributed by atoms with E-state index in [1.165, 1.54) is 11.1 Å². The van der Waals surface area contributed by atoms with Crippen molar-refractivity contribution < 1.29 is 4.74 Å². The highest BCUT2D eigenvalue weighted by atomic mass is 32.1. The van der Waals surface area contributed by atoms with Crippen molar-refractivity contribution in [1.29, 1.82) is 0 Å². The van der Waals surface area contributed by atoms with Crippen LogP contribution in [0.5, 0.6) is 5.75 Å². The summed E-state index contributed by atoms with van der Waals surface area (Å²) in [4.78, 5) is 2.19. The number of allylic oxidation sites excluding steroid dienone is 5.